The Morgan fingerprint density at radius 3 is 2.55 bits per heavy atom. The average molecular weight is 529 g/mol. The van der Waals surface area contributed by atoms with Crippen LogP contribution in [0.5, 0.6) is 5.75 Å². The summed E-state index contributed by atoms with van der Waals surface area (Å²) in [7, 11) is 3.50. The van der Waals surface area contributed by atoms with Crippen molar-refractivity contribution in [1.82, 2.24) is 14.5 Å². The molecule has 0 saturated carbocycles. The molecule has 0 unspecified atom stereocenters. The average Bonchev–Trinajstić information content (AvgIpc) is 3.54. The minimum Gasteiger partial charge on any atom is -0.496 e. The number of carbonyl (C=O) groups is 2. The molecule has 1 aliphatic heterocycles. The molecular formula is C30H32N4O3S. The summed E-state index contributed by atoms with van der Waals surface area (Å²) in [5.74, 6) is 0.998. The predicted octanol–water partition coefficient (Wildman–Crippen LogP) is 6.34. The molecule has 8 heteroatoms. The van der Waals surface area contributed by atoms with Crippen LogP contribution in [-0.2, 0) is 17.8 Å². The molecule has 0 saturated heterocycles. The molecule has 0 fully saturated rings. The lowest BCUT2D eigenvalue weighted by molar-refractivity contribution is -0.114. The number of nitrogens with zero attached hydrogens (tertiary/aromatic N) is 3. The summed E-state index contributed by atoms with van der Waals surface area (Å²) in [6.45, 7) is 8.21. The van der Waals surface area contributed by atoms with Crippen molar-refractivity contribution in [2.24, 2.45) is 0 Å². The van der Waals surface area contributed by atoms with Gasteiger partial charge in [0.05, 0.1) is 17.7 Å². The number of fused-ring (bicyclic) bond motifs is 3. The minimum absolute atomic E-state index is 0.0956. The van der Waals surface area contributed by atoms with Gasteiger partial charge in [-0.05, 0) is 74.0 Å². The fourth-order valence-corrected chi connectivity index (χ4v) is 5.51. The van der Waals surface area contributed by atoms with Gasteiger partial charge < -0.3 is 19.5 Å². The summed E-state index contributed by atoms with van der Waals surface area (Å²) < 4.78 is 7.90. The summed E-state index contributed by atoms with van der Waals surface area (Å²) in [5, 5.41) is 4.89. The van der Waals surface area contributed by atoms with Gasteiger partial charge in [-0.25, -0.2) is 4.98 Å². The highest BCUT2D eigenvalue weighted by molar-refractivity contribution is 7.13. The van der Waals surface area contributed by atoms with Crippen molar-refractivity contribution < 1.29 is 14.3 Å². The van der Waals surface area contributed by atoms with E-state index >= 15 is 0 Å². The third-order valence-corrected chi connectivity index (χ3v) is 7.88. The lowest BCUT2D eigenvalue weighted by Gasteiger charge is -2.32. The van der Waals surface area contributed by atoms with Crippen LogP contribution in [0, 0.1) is 0 Å². The zero-order valence-corrected chi connectivity index (χ0v) is 23.4. The zero-order chi connectivity index (χ0) is 27.2. The predicted molar refractivity (Wildman–Crippen MR) is 153 cm³/mol. The first-order valence-electron chi connectivity index (χ1n) is 12.6. The van der Waals surface area contributed by atoms with E-state index < -0.39 is 0 Å². The van der Waals surface area contributed by atoms with Gasteiger partial charge in [0.15, 0.2) is 5.82 Å². The first kappa shape index (κ1) is 25.7. The SMILES string of the molecule is COc1cc2c(cc1-c1cccc(NC(C)=O)c1)-c1c(-c3cccs3)nc(C(=O)N(C)C(C)(C)C)n1CC2. The first-order chi connectivity index (χ1) is 18.1. The summed E-state index contributed by atoms with van der Waals surface area (Å²) in [5.41, 5.74) is 6.16. The Kier molecular flexibility index (Phi) is 6.61. The molecule has 4 aromatic rings. The number of benzene rings is 2. The number of thiophene rings is 1. The van der Waals surface area contributed by atoms with Gasteiger partial charge >= 0.3 is 0 Å². The van der Waals surface area contributed by atoms with Crippen LogP contribution in [0.4, 0.5) is 5.69 Å². The van der Waals surface area contributed by atoms with Crippen LogP contribution < -0.4 is 10.1 Å². The molecule has 0 aliphatic carbocycles. The molecule has 38 heavy (non-hydrogen) atoms. The second-order valence-electron chi connectivity index (χ2n) is 10.5. The number of hydrogen-bond acceptors (Lipinski definition) is 5. The van der Waals surface area contributed by atoms with E-state index in [1.54, 1.807) is 23.3 Å². The molecule has 1 aliphatic rings. The molecule has 196 valence electrons. The fourth-order valence-electron chi connectivity index (χ4n) is 4.79. The van der Waals surface area contributed by atoms with Crippen LogP contribution >= 0.6 is 11.3 Å². The highest BCUT2D eigenvalue weighted by atomic mass is 32.1. The van der Waals surface area contributed by atoms with E-state index in [0.717, 1.165) is 56.4 Å². The van der Waals surface area contributed by atoms with Crippen LogP contribution in [0.3, 0.4) is 0 Å². The van der Waals surface area contributed by atoms with Crippen LogP contribution in [0.15, 0.2) is 53.9 Å². The topological polar surface area (TPSA) is 76.5 Å². The van der Waals surface area contributed by atoms with Gasteiger partial charge in [-0.15, -0.1) is 11.3 Å². The molecule has 2 aromatic heterocycles. The third-order valence-electron chi connectivity index (χ3n) is 7.00. The zero-order valence-electron chi connectivity index (χ0n) is 22.6. The van der Waals surface area contributed by atoms with E-state index in [4.69, 9.17) is 9.72 Å². The van der Waals surface area contributed by atoms with E-state index in [-0.39, 0.29) is 17.4 Å². The maximum Gasteiger partial charge on any atom is 0.290 e. The number of imidazole rings is 1. The highest BCUT2D eigenvalue weighted by Gasteiger charge is 2.33. The Bertz CT molecular complexity index is 1530. The molecule has 1 N–H and O–H groups in total. The molecule has 0 radical (unpaired) electrons. The third kappa shape index (κ3) is 4.60. The van der Waals surface area contributed by atoms with Crippen LogP contribution in [0.25, 0.3) is 33.0 Å². The van der Waals surface area contributed by atoms with Crippen molar-refractivity contribution >= 4 is 28.8 Å². The summed E-state index contributed by atoms with van der Waals surface area (Å²) in [6.07, 6.45) is 0.755. The molecule has 0 spiro atoms. The largest absolute Gasteiger partial charge is 0.496 e. The number of hydrogen-bond donors (Lipinski definition) is 1. The number of methoxy groups -OCH3 is 1. The van der Waals surface area contributed by atoms with Crippen molar-refractivity contribution in [1.29, 1.82) is 0 Å². The van der Waals surface area contributed by atoms with Gasteiger partial charge in [0.2, 0.25) is 5.91 Å². The lowest BCUT2D eigenvalue weighted by atomic mass is 9.91. The normalized spacial score (nSPS) is 12.5. The summed E-state index contributed by atoms with van der Waals surface area (Å²) in [6, 6.07) is 16.0. The van der Waals surface area contributed by atoms with Crippen LogP contribution in [0.2, 0.25) is 0 Å². The van der Waals surface area contributed by atoms with Gasteiger partial charge in [0.1, 0.15) is 11.4 Å². The molecule has 7 nitrogen and oxygen atoms in total. The number of anilines is 1. The van der Waals surface area contributed by atoms with E-state index in [1.165, 1.54) is 6.92 Å². The van der Waals surface area contributed by atoms with Gasteiger partial charge in [-0.3, -0.25) is 9.59 Å². The van der Waals surface area contributed by atoms with E-state index in [2.05, 4.69) is 22.0 Å². The molecule has 5 rings (SSSR count). The maximum atomic E-state index is 13.7. The number of rotatable bonds is 5. The molecule has 2 aromatic carbocycles. The maximum absolute atomic E-state index is 13.7. The quantitative estimate of drug-likeness (QED) is 0.328. The van der Waals surface area contributed by atoms with Crippen molar-refractivity contribution in [3.8, 4) is 38.7 Å². The van der Waals surface area contributed by atoms with Gasteiger partial charge in [0, 0.05) is 42.9 Å². The molecule has 2 amide bonds. The van der Waals surface area contributed by atoms with Gasteiger partial charge in [-0.1, -0.05) is 18.2 Å². The van der Waals surface area contributed by atoms with Gasteiger partial charge in [-0.2, -0.15) is 0 Å². The lowest BCUT2D eigenvalue weighted by Crippen LogP contribution is -2.43. The summed E-state index contributed by atoms with van der Waals surface area (Å²) in [4.78, 5) is 33.1. The number of amides is 2. The van der Waals surface area contributed by atoms with Crippen LogP contribution in [0.1, 0.15) is 43.9 Å². The Labute approximate surface area is 227 Å². The highest BCUT2D eigenvalue weighted by Crippen LogP contribution is 2.44. The standard InChI is InChI=1S/C30H32N4O3S/c1-18(35)31-21-10-7-9-19(15-21)22-17-23-20(16-24(22)37-6)12-13-34-27(23)26(25-11-8-14-38-25)32-28(34)29(36)33(5)30(2,3)4/h7-11,14-17H,12-13H2,1-6H3,(H,31,35). The van der Waals surface area contributed by atoms with Crippen molar-refractivity contribution in [2.75, 3.05) is 19.5 Å². The monoisotopic (exact) mass is 528 g/mol. The Morgan fingerprint density at radius 1 is 1.11 bits per heavy atom. The Hall–Kier alpha value is -3.91. The van der Waals surface area contributed by atoms with E-state index in [9.17, 15) is 9.59 Å². The number of carbonyl (C=O) groups excluding carboxylic acids is 2. The fraction of sp³-hybridized carbons (Fsp3) is 0.300. The Balaban J connectivity index is 1.72. The van der Waals surface area contributed by atoms with E-state index in [1.807, 2.05) is 69.6 Å². The van der Waals surface area contributed by atoms with Gasteiger partial charge in [0.25, 0.3) is 5.91 Å². The molecule has 0 atom stereocenters. The smallest absolute Gasteiger partial charge is 0.290 e. The molecule has 3 heterocycles. The van der Waals surface area contributed by atoms with E-state index in [0.29, 0.717) is 12.4 Å². The Morgan fingerprint density at radius 2 is 1.89 bits per heavy atom. The molecular weight excluding hydrogens is 496 g/mol. The summed E-state index contributed by atoms with van der Waals surface area (Å²) >= 11 is 1.61. The number of ether oxygens (including phenoxy) is 1. The number of nitrogens with one attached hydrogen (secondary N) is 1. The number of aryl methyl sites for hydroxylation is 1. The van der Waals surface area contributed by atoms with Crippen molar-refractivity contribution in [3.05, 3.63) is 65.3 Å². The van der Waals surface area contributed by atoms with Crippen LogP contribution in [-0.4, -0.2) is 46.0 Å². The van der Waals surface area contributed by atoms with Crippen molar-refractivity contribution in [2.45, 2.75) is 46.2 Å². The first-order valence-corrected chi connectivity index (χ1v) is 13.5. The molecule has 0 bridgehead atoms. The minimum atomic E-state index is -0.335. The van der Waals surface area contributed by atoms with Crippen molar-refractivity contribution in [3.63, 3.8) is 0 Å². The second-order valence-corrected chi connectivity index (χ2v) is 11.5. The second kappa shape index (κ2) is 9.76. The number of aromatic nitrogens is 2.